The van der Waals surface area contributed by atoms with Crippen LogP contribution in [-0.2, 0) is 6.54 Å². The Morgan fingerprint density at radius 3 is 2.88 bits per heavy atom. The molecule has 2 aromatic rings. The van der Waals surface area contributed by atoms with Gasteiger partial charge in [0.1, 0.15) is 5.82 Å². The van der Waals surface area contributed by atoms with Crippen LogP contribution in [0.2, 0.25) is 0 Å². The van der Waals surface area contributed by atoms with Gasteiger partial charge in [0, 0.05) is 12.6 Å². The molecule has 1 heterocycles. The van der Waals surface area contributed by atoms with Crippen LogP contribution in [0.3, 0.4) is 0 Å². The zero-order valence-electron chi connectivity index (χ0n) is 9.41. The van der Waals surface area contributed by atoms with Crippen LogP contribution in [-0.4, -0.2) is 16.2 Å². The molecule has 0 aliphatic heterocycles. The summed E-state index contributed by atoms with van der Waals surface area (Å²) in [7, 11) is 0. The van der Waals surface area contributed by atoms with Crippen molar-refractivity contribution in [2.24, 2.45) is 0 Å². The summed E-state index contributed by atoms with van der Waals surface area (Å²) in [5.74, 6) is -0.383. The van der Waals surface area contributed by atoms with E-state index >= 15 is 0 Å². The van der Waals surface area contributed by atoms with Gasteiger partial charge in [-0.1, -0.05) is 0 Å². The van der Waals surface area contributed by atoms with Crippen molar-refractivity contribution in [3.05, 3.63) is 40.2 Å². The third-order valence-corrected chi connectivity index (χ3v) is 2.64. The summed E-state index contributed by atoms with van der Waals surface area (Å²) in [5.41, 5.74) is 0.473. The molecule has 0 bridgehead atoms. The molecule has 0 fully saturated rings. The van der Waals surface area contributed by atoms with Crippen LogP contribution in [0.1, 0.15) is 12.0 Å². The Labute approximate surface area is 96.7 Å². The highest BCUT2D eigenvalue weighted by Crippen LogP contribution is 2.13. The number of aromatic nitrogens is 2. The SMILES string of the molecule is Cc1cc2c(=O)n(CCCF)cnc2cc1F. The number of nitrogens with zero attached hydrogens (tertiary/aromatic N) is 2. The fourth-order valence-corrected chi connectivity index (χ4v) is 1.68. The summed E-state index contributed by atoms with van der Waals surface area (Å²) in [6, 6.07) is 2.72. The Bertz CT molecular complexity index is 607. The van der Waals surface area contributed by atoms with E-state index in [4.69, 9.17) is 0 Å². The summed E-state index contributed by atoms with van der Waals surface area (Å²) in [6.07, 6.45) is 1.60. The van der Waals surface area contributed by atoms with Crippen molar-refractivity contribution in [1.29, 1.82) is 0 Å². The van der Waals surface area contributed by atoms with Gasteiger partial charge >= 0.3 is 0 Å². The highest BCUT2D eigenvalue weighted by atomic mass is 19.1. The second-order valence-electron chi connectivity index (χ2n) is 3.90. The zero-order chi connectivity index (χ0) is 12.4. The van der Waals surface area contributed by atoms with E-state index in [1.807, 2.05) is 0 Å². The van der Waals surface area contributed by atoms with Crippen LogP contribution in [0.15, 0.2) is 23.3 Å². The minimum Gasteiger partial charge on any atom is -0.299 e. The van der Waals surface area contributed by atoms with Crippen LogP contribution in [0.4, 0.5) is 8.78 Å². The molecule has 0 atom stereocenters. The quantitative estimate of drug-likeness (QED) is 0.821. The third kappa shape index (κ3) is 2.18. The van der Waals surface area contributed by atoms with Gasteiger partial charge in [0.15, 0.2) is 0 Å². The smallest absolute Gasteiger partial charge is 0.261 e. The number of halogens is 2. The van der Waals surface area contributed by atoms with Crippen LogP contribution in [0.25, 0.3) is 10.9 Å². The molecule has 90 valence electrons. The first-order chi connectivity index (χ1) is 8.13. The molecule has 0 amide bonds. The monoisotopic (exact) mass is 238 g/mol. The maximum absolute atomic E-state index is 13.3. The maximum atomic E-state index is 13.3. The Morgan fingerprint density at radius 1 is 1.41 bits per heavy atom. The minimum absolute atomic E-state index is 0.258. The Balaban J connectivity index is 2.59. The molecule has 0 radical (unpaired) electrons. The number of aryl methyl sites for hydroxylation is 2. The second-order valence-corrected chi connectivity index (χ2v) is 3.90. The molecule has 0 saturated carbocycles. The van der Waals surface area contributed by atoms with Gasteiger partial charge in [-0.3, -0.25) is 13.8 Å². The first-order valence-electron chi connectivity index (χ1n) is 5.34. The first kappa shape index (κ1) is 11.7. The van der Waals surface area contributed by atoms with Crippen LogP contribution in [0, 0.1) is 12.7 Å². The van der Waals surface area contributed by atoms with E-state index in [0.29, 0.717) is 16.5 Å². The fourth-order valence-electron chi connectivity index (χ4n) is 1.68. The lowest BCUT2D eigenvalue weighted by molar-refractivity contribution is 0.443. The van der Waals surface area contributed by atoms with E-state index in [-0.39, 0.29) is 24.3 Å². The Kier molecular flexibility index (Phi) is 3.17. The molecule has 2 rings (SSSR count). The molecule has 0 N–H and O–H groups in total. The summed E-state index contributed by atoms with van der Waals surface area (Å²) < 4.78 is 26.7. The molecule has 17 heavy (non-hydrogen) atoms. The Morgan fingerprint density at radius 2 is 2.18 bits per heavy atom. The van der Waals surface area contributed by atoms with Crippen molar-refractivity contribution in [3.8, 4) is 0 Å². The summed E-state index contributed by atoms with van der Waals surface area (Å²) >= 11 is 0. The average Bonchev–Trinajstić information content (AvgIpc) is 2.31. The standard InChI is InChI=1S/C12H12F2N2O/c1-8-5-9-11(6-10(8)14)15-7-16(12(9)17)4-2-3-13/h5-7H,2-4H2,1H3. The lowest BCUT2D eigenvalue weighted by Gasteiger charge is -2.06. The first-order valence-corrected chi connectivity index (χ1v) is 5.34. The predicted octanol–water partition coefficient (Wildman–Crippen LogP) is 2.20. The number of rotatable bonds is 3. The molecule has 0 spiro atoms. The van der Waals surface area contributed by atoms with Gasteiger partial charge in [-0.05, 0) is 25.0 Å². The van der Waals surface area contributed by atoms with Crippen LogP contribution < -0.4 is 5.56 Å². The molecule has 0 aliphatic rings. The average molecular weight is 238 g/mol. The normalized spacial score (nSPS) is 11.0. The number of hydrogen-bond acceptors (Lipinski definition) is 2. The molecular formula is C12H12F2N2O. The minimum atomic E-state index is -0.479. The second kappa shape index (κ2) is 4.61. The fraction of sp³-hybridized carbons (Fsp3) is 0.333. The summed E-state index contributed by atoms with van der Waals surface area (Å²) in [5, 5.41) is 0.366. The van der Waals surface area contributed by atoms with Crippen molar-refractivity contribution >= 4 is 10.9 Å². The lowest BCUT2D eigenvalue weighted by atomic mass is 10.1. The largest absolute Gasteiger partial charge is 0.299 e. The van der Waals surface area contributed by atoms with Crippen molar-refractivity contribution < 1.29 is 8.78 Å². The summed E-state index contributed by atoms with van der Waals surface area (Å²) in [4.78, 5) is 16.0. The topological polar surface area (TPSA) is 34.9 Å². The highest BCUT2D eigenvalue weighted by molar-refractivity contribution is 5.78. The lowest BCUT2D eigenvalue weighted by Crippen LogP contribution is -2.21. The zero-order valence-corrected chi connectivity index (χ0v) is 9.41. The van der Waals surface area contributed by atoms with Gasteiger partial charge < -0.3 is 0 Å². The van der Waals surface area contributed by atoms with Gasteiger partial charge in [-0.25, -0.2) is 9.37 Å². The molecule has 0 saturated heterocycles. The van der Waals surface area contributed by atoms with Crippen molar-refractivity contribution in [2.45, 2.75) is 19.9 Å². The van der Waals surface area contributed by atoms with E-state index in [0.717, 1.165) is 0 Å². The predicted molar refractivity (Wildman–Crippen MR) is 61.3 cm³/mol. The van der Waals surface area contributed by atoms with Crippen molar-refractivity contribution in [2.75, 3.05) is 6.67 Å². The number of hydrogen-bond donors (Lipinski definition) is 0. The van der Waals surface area contributed by atoms with Gasteiger partial charge in [-0.15, -0.1) is 0 Å². The van der Waals surface area contributed by atoms with E-state index in [1.165, 1.54) is 23.0 Å². The number of alkyl halides is 1. The van der Waals surface area contributed by atoms with E-state index in [9.17, 15) is 13.6 Å². The number of fused-ring (bicyclic) bond motifs is 1. The maximum Gasteiger partial charge on any atom is 0.261 e. The third-order valence-electron chi connectivity index (χ3n) is 2.64. The molecule has 0 unspecified atom stereocenters. The van der Waals surface area contributed by atoms with E-state index < -0.39 is 6.67 Å². The molecule has 5 heteroatoms. The molecule has 3 nitrogen and oxygen atoms in total. The molecule has 1 aromatic heterocycles. The summed E-state index contributed by atoms with van der Waals surface area (Å²) in [6.45, 7) is 1.40. The van der Waals surface area contributed by atoms with Crippen LogP contribution in [0.5, 0.6) is 0 Å². The van der Waals surface area contributed by atoms with E-state index in [1.54, 1.807) is 6.92 Å². The van der Waals surface area contributed by atoms with Crippen molar-refractivity contribution in [3.63, 3.8) is 0 Å². The highest BCUT2D eigenvalue weighted by Gasteiger charge is 2.07. The Hall–Kier alpha value is -1.78. The van der Waals surface area contributed by atoms with Crippen LogP contribution >= 0.6 is 0 Å². The van der Waals surface area contributed by atoms with Gasteiger partial charge in [0.05, 0.1) is 23.9 Å². The number of benzene rings is 1. The molecule has 0 aliphatic carbocycles. The molecule has 1 aromatic carbocycles. The van der Waals surface area contributed by atoms with E-state index in [2.05, 4.69) is 4.98 Å². The molecular weight excluding hydrogens is 226 g/mol. The van der Waals surface area contributed by atoms with Gasteiger partial charge in [0.2, 0.25) is 0 Å². The van der Waals surface area contributed by atoms with Crippen molar-refractivity contribution in [1.82, 2.24) is 9.55 Å². The van der Waals surface area contributed by atoms with Gasteiger partial charge in [-0.2, -0.15) is 0 Å². The van der Waals surface area contributed by atoms with Gasteiger partial charge in [0.25, 0.3) is 5.56 Å².